The van der Waals surface area contributed by atoms with Gasteiger partial charge in [-0.15, -0.1) is 5.10 Å². The molecule has 0 spiro atoms. The molecule has 3 rings (SSSR count). The monoisotopic (exact) mass is 409 g/mol. The van der Waals surface area contributed by atoms with Gasteiger partial charge in [0.25, 0.3) is 5.91 Å². The van der Waals surface area contributed by atoms with Gasteiger partial charge in [-0.05, 0) is 53.7 Å². The van der Waals surface area contributed by atoms with Crippen molar-refractivity contribution in [2.24, 2.45) is 0 Å². The lowest BCUT2D eigenvalue weighted by Crippen LogP contribution is -2.14. The summed E-state index contributed by atoms with van der Waals surface area (Å²) in [7, 11) is -3.51. The van der Waals surface area contributed by atoms with E-state index in [9.17, 15) is 17.6 Å². The molecule has 0 aliphatic heterocycles. The average Bonchev–Trinajstić information content (AvgIpc) is 3.01. The molecule has 11 heteroatoms. The van der Waals surface area contributed by atoms with E-state index in [0.717, 1.165) is 12.3 Å². The van der Waals surface area contributed by atoms with Crippen LogP contribution in [0.2, 0.25) is 5.02 Å². The first-order valence-electron chi connectivity index (χ1n) is 7.52. The summed E-state index contributed by atoms with van der Waals surface area (Å²) in [4.78, 5) is 12.5. The van der Waals surface area contributed by atoms with Crippen molar-refractivity contribution >= 4 is 33.0 Å². The first-order valence-corrected chi connectivity index (χ1v) is 9.79. The van der Waals surface area contributed by atoms with Crippen molar-refractivity contribution in [2.75, 3.05) is 11.6 Å². The summed E-state index contributed by atoms with van der Waals surface area (Å²) >= 11 is 6.02. The molecule has 140 valence electrons. The zero-order valence-corrected chi connectivity index (χ0v) is 15.7. The van der Waals surface area contributed by atoms with Crippen LogP contribution in [-0.2, 0) is 9.84 Å². The number of sulfone groups is 1. The van der Waals surface area contributed by atoms with Gasteiger partial charge in [0.15, 0.2) is 15.7 Å². The molecule has 1 N–H and O–H groups in total. The van der Waals surface area contributed by atoms with E-state index in [1.54, 1.807) is 6.92 Å². The van der Waals surface area contributed by atoms with E-state index >= 15 is 0 Å². The lowest BCUT2D eigenvalue weighted by Gasteiger charge is -2.10. The molecule has 0 saturated carbocycles. The molecule has 27 heavy (non-hydrogen) atoms. The number of carbonyl (C=O) groups excluding carboxylic acids is 1. The number of nitrogens with one attached hydrogen (secondary N) is 1. The number of aryl methyl sites for hydroxylation is 1. The van der Waals surface area contributed by atoms with Gasteiger partial charge in [0, 0.05) is 11.9 Å². The number of benzene rings is 2. The number of tetrazole rings is 1. The van der Waals surface area contributed by atoms with Crippen LogP contribution in [-0.4, -0.2) is 40.8 Å². The Balaban J connectivity index is 1.95. The van der Waals surface area contributed by atoms with Crippen LogP contribution in [0.15, 0.2) is 41.3 Å². The van der Waals surface area contributed by atoms with Gasteiger partial charge in [-0.2, -0.15) is 4.68 Å². The summed E-state index contributed by atoms with van der Waals surface area (Å²) in [6.45, 7) is 1.60. The molecule has 3 aromatic rings. The largest absolute Gasteiger partial charge is 0.322 e. The highest BCUT2D eigenvalue weighted by Gasteiger charge is 2.17. The van der Waals surface area contributed by atoms with Crippen molar-refractivity contribution in [3.63, 3.8) is 0 Å². The molecular weight excluding hydrogens is 397 g/mol. The fourth-order valence-electron chi connectivity index (χ4n) is 2.31. The first kappa shape index (κ1) is 18.9. The van der Waals surface area contributed by atoms with E-state index in [4.69, 9.17) is 11.6 Å². The van der Waals surface area contributed by atoms with E-state index in [-0.39, 0.29) is 26.9 Å². The van der Waals surface area contributed by atoms with Crippen molar-refractivity contribution in [1.29, 1.82) is 0 Å². The number of nitrogens with zero attached hydrogens (tertiary/aromatic N) is 4. The van der Waals surface area contributed by atoms with Gasteiger partial charge >= 0.3 is 0 Å². The Kier molecular flexibility index (Phi) is 4.94. The van der Waals surface area contributed by atoms with Crippen LogP contribution < -0.4 is 5.32 Å². The van der Waals surface area contributed by atoms with Gasteiger partial charge in [-0.25, -0.2) is 12.8 Å². The van der Waals surface area contributed by atoms with Gasteiger partial charge in [-0.1, -0.05) is 11.6 Å². The number of halogens is 2. The van der Waals surface area contributed by atoms with Crippen LogP contribution in [0, 0.1) is 12.7 Å². The second-order valence-electron chi connectivity index (χ2n) is 5.67. The normalized spacial score (nSPS) is 11.4. The number of amides is 1. The Morgan fingerprint density at radius 3 is 2.59 bits per heavy atom. The number of carbonyl (C=O) groups is 1. The van der Waals surface area contributed by atoms with Crippen molar-refractivity contribution in [2.45, 2.75) is 11.8 Å². The average molecular weight is 410 g/mol. The maximum Gasteiger partial charge on any atom is 0.257 e. The lowest BCUT2D eigenvalue weighted by atomic mass is 10.2. The van der Waals surface area contributed by atoms with E-state index in [1.807, 2.05) is 0 Å². The van der Waals surface area contributed by atoms with Crippen molar-refractivity contribution in [3.8, 4) is 5.69 Å². The standard InChI is InChI=1S/C16H13ClFN5O3S/c1-9-20-21-22-23(9)15-7-10(3-6-14(15)18)19-16(24)12-8-11(27(2,25)26)4-5-13(12)17/h3-8H,1-2H3,(H,19,24). The van der Waals surface area contributed by atoms with Gasteiger partial charge in [0.2, 0.25) is 0 Å². The maximum absolute atomic E-state index is 14.1. The van der Waals surface area contributed by atoms with Gasteiger partial charge in [0.1, 0.15) is 11.5 Å². The third kappa shape index (κ3) is 3.96. The molecular formula is C16H13ClFN5O3S. The minimum absolute atomic E-state index is 0.0240. The summed E-state index contributed by atoms with van der Waals surface area (Å²) in [6, 6.07) is 7.68. The van der Waals surface area contributed by atoms with E-state index < -0.39 is 21.6 Å². The third-order valence-corrected chi connectivity index (χ3v) is 5.11. The molecule has 0 atom stereocenters. The highest BCUT2D eigenvalue weighted by Crippen LogP contribution is 2.23. The molecule has 0 unspecified atom stereocenters. The number of anilines is 1. The molecule has 0 bridgehead atoms. The Morgan fingerprint density at radius 1 is 1.22 bits per heavy atom. The molecule has 0 aliphatic rings. The van der Waals surface area contributed by atoms with Crippen LogP contribution in [0.4, 0.5) is 10.1 Å². The smallest absolute Gasteiger partial charge is 0.257 e. The number of rotatable bonds is 4. The van der Waals surface area contributed by atoms with Gasteiger partial charge in [0.05, 0.1) is 15.5 Å². The Labute approximate surface area is 158 Å². The lowest BCUT2D eigenvalue weighted by molar-refractivity contribution is 0.102. The van der Waals surface area contributed by atoms with Crippen molar-refractivity contribution in [3.05, 3.63) is 58.6 Å². The van der Waals surface area contributed by atoms with Crippen LogP contribution in [0.3, 0.4) is 0 Å². The van der Waals surface area contributed by atoms with E-state index in [1.165, 1.54) is 35.0 Å². The van der Waals surface area contributed by atoms with Crippen LogP contribution in [0.25, 0.3) is 5.69 Å². The molecule has 1 amide bonds. The number of hydrogen-bond acceptors (Lipinski definition) is 6. The highest BCUT2D eigenvalue weighted by atomic mass is 35.5. The zero-order chi connectivity index (χ0) is 19.8. The molecule has 2 aromatic carbocycles. The van der Waals surface area contributed by atoms with E-state index in [0.29, 0.717) is 5.82 Å². The highest BCUT2D eigenvalue weighted by molar-refractivity contribution is 7.90. The van der Waals surface area contributed by atoms with Gasteiger partial charge in [-0.3, -0.25) is 4.79 Å². The quantitative estimate of drug-likeness (QED) is 0.709. The molecule has 1 heterocycles. The van der Waals surface area contributed by atoms with Crippen LogP contribution in [0.5, 0.6) is 0 Å². The summed E-state index contributed by atoms with van der Waals surface area (Å²) in [5, 5.41) is 13.5. The molecule has 0 fully saturated rings. The second-order valence-corrected chi connectivity index (χ2v) is 8.09. The molecule has 0 radical (unpaired) electrons. The topological polar surface area (TPSA) is 107 Å². The summed E-state index contributed by atoms with van der Waals surface area (Å²) < 4.78 is 38.7. The summed E-state index contributed by atoms with van der Waals surface area (Å²) in [5.41, 5.74) is 0.280. The van der Waals surface area contributed by atoms with Crippen molar-refractivity contribution < 1.29 is 17.6 Å². The number of hydrogen-bond donors (Lipinski definition) is 1. The minimum atomic E-state index is -3.51. The number of aromatic nitrogens is 4. The van der Waals surface area contributed by atoms with Crippen molar-refractivity contribution in [1.82, 2.24) is 20.2 Å². The second kappa shape index (κ2) is 7.05. The molecule has 0 aliphatic carbocycles. The van der Waals surface area contributed by atoms with Crippen LogP contribution in [0.1, 0.15) is 16.2 Å². The zero-order valence-electron chi connectivity index (χ0n) is 14.1. The predicted octanol–water partition coefficient (Wildman–Crippen LogP) is 2.42. The third-order valence-electron chi connectivity index (χ3n) is 3.67. The summed E-state index contributed by atoms with van der Waals surface area (Å²) in [6.07, 6.45) is 1.03. The summed E-state index contributed by atoms with van der Waals surface area (Å²) in [5.74, 6) is -0.863. The van der Waals surface area contributed by atoms with Gasteiger partial charge < -0.3 is 5.32 Å². The Morgan fingerprint density at radius 2 is 1.96 bits per heavy atom. The minimum Gasteiger partial charge on any atom is -0.322 e. The Hall–Kier alpha value is -2.85. The molecule has 8 nitrogen and oxygen atoms in total. The fraction of sp³-hybridized carbons (Fsp3) is 0.125. The maximum atomic E-state index is 14.1. The van der Waals surface area contributed by atoms with E-state index in [2.05, 4.69) is 20.8 Å². The fourth-order valence-corrected chi connectivity index (χ4v) is 3.17. The first-order chi connectivity index (χ1) is 12.7. The predicted molar refractivity (Wildman–Crippen MR) is 96.4 cm³/mol. The van der Waals surface area contributed by atoms with Crippen LogP contribution >= 0.6 is 11.6 Å². The Bertz CT molecular complexity index is 1150. The SMILES string of the molecule is Cc1nnnn1-c1cc(NC(=O)c2cc(S(C)(=O)=O)ccc2Cl)ccc1F. The molecule has 1 aromatic heterocycles. The molecule has 0 saturated heterocycles.